The first-order chi connectivity index (χ1) is 42.3. The number of ether oxygens (including phenoxy) is 3. The van der Waals surface area contributed by atoms with Gasteiger partial charge in [0.05, 0.1) is 52.7 Å². The molecule has 1 aliphatic carbocycles. The molecule has 1 saturated carbocycles. The van der Waals surface area contributed by atoms with E-state index < -0.39 is 30.1 Å². The number of aliphatic hydroxyl groups is 2. The predicted molar refractivity (Wildman–Crippen MR) is 328 cm³/mol. The molecule has 5 saturated heterocycles. The third-order valence-corrected chi connectivity index (χ3v) is 19.6. The zero-order valence-corrected chi connectivity index (χ0v) is 50.3. The average Bonchev–Trinajstić information content (AvgIpc) is 2.53. The molecule has 454 valence electrons. The number of benzene rings is 4. The number of aryl methyl sites for hydroxylation is 1. The minimum Gasteiger partial charge on any atom is -0.486 e. The number of piperidine rings is 1. The van der Waals surface area contributed by atoms with Crippen molar-refractivity contribution >= 4 is 50.8 Å². The largest absolute Gasteiger partial charge is 0.486 e. The van der Waals surface area contributed by atoms with Crippen LogP contribution in [0.1, 0.15) is 124 Å². The van der Waals surface area contributed by atoms with E-state index in [2.05, 4.69) is 42.2 Å². The third kappa shape index (κ3) is 11.1. The molecule has 5 aliphatic heterocycles. The van der Waals surface area contributed by atoms with Crippen LogP contribution >= 0.6 is 11.3 Å². The Labute approximate surface area is 507 Å². The van der Waals surface area contributed by atoms with E-state index in [0.717, 1.165) is 138 Å². The van der Waals surface area contributed by atoms with Crippen LogP contribution < -0.4 is 30.3 Å². The topological polar surface area (TPSA) is 232 Å². The number of nitrogens with zero attached hydrogens (tertiary/aromatic N) is 10. The Hall–Kier alpha value is -7.47. The number of piperazine rings is 1. The van der Waals surface area contributed by atoms with Crippen LogP contribution in [0.3, 0.4) is 0 Å². The lowest BCUT2D eigenvalue weighted by molar-refractivity contribution is -0.142. The van der Waals surface area contributed by atoms with Crippen molar-refractivity contribution in [3.63, 3.8) is 0 Å². The highest BCUT2D eigenvalue weighted by atomic mass is 32.1. The molecule has 5 N–H and O–H groups in total. The van der Waals surface area contributed by atoms with Crippen LogP contribution in [-0.2, 0) is 20.9 Å². The number of hydrogen-bond donors (Lipinski definition) is 5. The fourth-order valence-corrected chi connectivity index (χ4v) is 14.6. The number of nitrogens with one attached hydrogen (secondary N) is 3. The number of halogens is 1. The third-order valence-electron chi connectivity index (χ3n) is 18.6. The summed E-state index contributed by atoms with van der Waals surface area (Å²) in [7, 11) is 0. The molecule has 6 fully saturated rings. The summed E-state index contributed by atoms with van der Waals surface area (Å²) in [4.78, 5) is 48.6. The molecular formula is C65H74FN13O7S. The molecule has 14 rings (SSSR count). The fraction of sp³-hybridized carbons (Fsp3) is 0.477. The van der Waals surface area contributed by atoms with Gasteiger partial charge >= 0.3 is 6.01 Å². The van der Waals surface area contributed by atoms with Crippen LogP contribution in [0, 0.1) is 25.6 Å². The maximum absolute atomic E-state index is 16.9. The van der Waals surface area contributed by atoms with Gasteiger partial charge in [-0.15, -0.1) is 16.4 Å². The lowest BCUT2D eigenvalue weighted by Gasteiger charge is -2.31. The maximum atomic E-state index is 16.9. The molecule has 2 bridgehead atoms. The van der Waals surface area contributed by atoms with Crippen molar-refractivity contribution in [2.75, 3.05) is 50.8 Å². The first-order valence-corrected chi connectivity index (χ1v) is 31.8. The molecule has 4 aromatic carbocycles. The molecule has 87 heavy (non-hydrogen) atoms. The molecule has 20 nitrogen and oxygen atoms in total. The smallest absolute Gasteiger partial charge is 0.319 e. The Bertz CT molecular complexity index is 3860. The normalized spacial score (nSPS) is 22.2. The van der Waals surface area contributed by atoms with Crippen molar-refractivity contribution in [1.29, 1.82) is 0 Å². The molecule has 0 spiro atoms. The molecule has 7 atom stereocenters. The number of rotatable bonds is 18. The second kappa shape index (κ2) is 23.9. The molecule has 9 heterocycles. The van der Waals surface area contributed by atoms with Gasteiger partial charge in [-0.1, -0.05) is 67.6 Å². The van der Waals surface area contributed by atoms with Crippen LogP contribution in [0.5, 0.6) is 11.8 Å². The van der Waals surface area contributed by atoms with Crippen LogP contribution in [0.15, 0.2) is 78.6 Å². The second-order valence-corrected chi connectivity index (χ2v) is 25.7. The maximum Gasteiger partial charge on any atom is 0.319 e. The Morgan fingerprint density at radius 3 is 2.45 bits per heavy atom. The summed E-state index contributed by atoms with van der Waals surface area (Å²) >= 11 is 1.54. The van der Waals surface area contributed by atoms with E-state index in [0.29, 0.717) is 52.3 Å². The van der Waals surface area contributed by atoms with E-state index in [-0.39, 0.29) is 68.1 Å². The number of β-amino-alcohol motifs (C(OH)–C–C–N with tert-alkyl or cyclic N) is 1. The minimum absolute atomic E-state index is 0.0364. The number of carbonyl (C=O) groups is 2. The fourth-order valence-electron chi connectivity index (χ4n) is 13.8. The number of thiazole rings is 1. The van der Waals surface area contributed by atoms with Crippen molar-refractivity contribution in [2.45, 2.75) is 147 Å². The van der Waals surface area contributed by atoms with Gasteiger partial charge in [-0.2, -0.15) is 15.1 Å². The molecule has 22 heteroatoms. The SMILES string of the molecule is Cc1ncsc1-c1ccc([C@H](CO)NC(=O)[C@@H]2C[C@@H](O)CN2C(=O)[C@H](C(C)C)n2cc(-c3ccc(COc4c(-c5c(C)c(F)cc6c5cnn6C5CCCCO5)c(C5CC5)cc5c(N6C[C@@H]7C[C@H]6CN7)nc(OC6CCNCC6)nc45)cc3)nn2)cc1. The minimum atomic E-state index is -0.980. The molecule has 0 radical (unpaired) electrons. The van der Waals surface area contributed by atoms with Crippen molar-refractivity contribution in [3.05, 3.63) is 112 Å². The van der Waals surface area contributed by atoms with Gasteiger partial charge in [0, 0.05) is 78.3 Å². The van der Waals surface area contributed by atoms with Gasteiger partial charge in [0.15, 0.2) is 12.0 Å². The highest BCUT2D eigenvalue weighted by molar-refractivity contribution is 7.13. The van der Waals surface area contributed by atoms with Crippen molar-refractivity contribution in [2.24, 2.45) is 5.92 Å². The molecule has 1 unspecified atom stereocenters. The summed E-state index contributed by atoms with van der Waals surface area (Å²) < 4.78 is 40.5. The molecular weight excluding hydrogens is 1130 g/mol. The van der Waals surface area contributed by atoms with E-state index in [9.17, 15) is 19.8 Å². The van der Waals surface area contributed by atoms with Crippen molar-refractivity contribution in [3.8, 4) is 44.6 Å². The number of fused-ring (bicyclic) bond motifs is 4. The number of hydrogen-bond acceptors (Lipinski definition) is 17. The van der Waals surface area contributed by atoms with Crippen LogP contribution in [0.4, 0.5) is 10.2 Å². The first kappa shape index (κ1) is 57.3. The number of aliphatic hydroxyl groups excluding tert-OH is 2. The molecule has 8 aromatic rings. The van der Waals surface area contributed by atoms with Gasteiger partial charge in [0.25, 0.3) is 0 Å². The Kier molecular flexibility index (Phi) is 15.7. The Morgan fingerprint density at radius 2 is 1.75 bits per heavy atom. The van der Waals surface area contributed by atoms with Gasteiger partial charge < -0.3 is 50.2 Å². The van der Waals surface area contributed by atoms with E-state index in [1.54, 1.807) is 33.8 Å². The van der Waals surface area contributed by atoms with E-state index in [1.165, 1.54) is 4.90 Å². The summed E-state index contributed by atoms with van der Waals surface area (Å²) in [6.45, 7) is 11.3. The number of likely N-dealkylation sites (tertiary alicyclic amines) is 1. The lowest BCUT2D eigenvalue weighted by Crippen LogP contribution is -2.50. The summed E-state index contributed by atoms with van der Waals surface area (Å²) in [6.07, 6.45) is 9.73. The van der Waals surface area contributed by atoms with E-state index in [1.807, 2.05) is 87.1 Å². The van der Waals surface area contributed by atoms with Crippen LogP contribution in [0.2, 0.25) is 0 Å². The lowest BCUT2D eigenvalue weighted by atomic mass is 9.88. The quantitative estimate of drug-likeness (QED) is 0.0541. The van der Waals surface area contributed by atoms with Gasteiger partial charge in [0.2, 0.25) is 11.8 Å². The monoisotopic (exact) mass is 1200 g/mol. The number of anilines is 1. The Balaban J connectivity index is 0.770. The van der Waals surface area contributed by atoms with Crippen molar-refractivity contribution < 1.29 is 38.4 Å². The van der Waals surface area contributed by atoms with Gasteiger partial charge in [0.1, 0.15) is 47.6 Å². The van der Waals surface area contributed by atoms with Gasteiger partial charge in [-0.05, 0) is 124 Å². The highest BCUT2D eigenvalue weighted by Crippen LogP contribution is 2.54. The predicted octanol–water partition coefficient (Wildman–Crippen LogP) is 8.63. The number of amides is 2. The van der Waals surface area contributed by atoms with Crippen molar-refractivity contribution in [1.82, 2.24) is 60.6 Å². The zero-order valence-electron chi connectivity index (χ0n) is 49.5. The Morgan fingerprint density at radius 1 is 0.943 bits per heavy atom. The number of aromatic nitrogens is 8. The summed E-state index contributed by atoms with van der Waals surface area (Å²) in [5, 5.41) is 47.2. The van der Waals surface area contributed by atoms with Crippen LogP contribution in [-0.4, -0.2) is 143 Å². The van der Waals surface area contributed by atoms with Gasteiger partial charge in [-0.25, -0.2) is 18.7 Å². The van der Waals surface area contributed by atoms with E-state index >= 15 is 4.39 Å². The standard InChI is InChI=1S/C65H74FN13O7S/c1-35(2)59(64(83)77-30-45(81)24-54(77)63(82)71-52(32-80)41-14-16-42(17-15-41)61-37(4)69-34-87-61)78-31-51(74-75-78)40-10-8-38(9-11-40)33-85-60-57(56-36(3)50(66)26-53-49(56)28-70-79(53)55-7-5-6-22-84-55)47(39-12-13-39)25-48-58(60)72-65(86-46-18-20-67-21-19-46)73-62(48)76-29-43-23-44(76)27-68-43/h8-11,14-17,25-26,28,31,34-35,39,43-46,52,54-55,59,67-68,80-81H,5-7,12-13,18-24,27,29-30,32-33H2,1-4H3,(H,71,82)/t43-,44-,45+,52-,54-,55?,59-/m0/s1. The van der Waals surface area contributed by atoms with E-state index in [4.69, 9.17) is 29.3 Å². The summed E-state index contributed by atoms with van der Waals surface area (Å²) in [6, 6.07) is 17.7. The molecule has 2 amide bonds. The molecule has 4 aromatic heterocycles. The second-order valence-electron chi connectivity index (χ2n) is 24.9. The van der Waals surface area contributed by atoms with Gasteiger partial charge in [-0.3, -0.25) is 9.59 Å². The molecule has 6 aliphatic rings. The highest BCUT2D eigenvalue weighted by Gasteiger charge is 2.44. The zero-order chi connectivity index (χ0) is 59.6. The average molecular weight is 1200 g/mol. The summed E-state index contributed by atoms with van der Waals surface area (Å²) in [5.41, 5.74) is 10.9. The summed E-state index contributed by atoms with van der Waals surface area (Å²) in [5.74, 6) is 0.113. The first-order valence-electron chi connectivity index (χ1n) is 30.9. The van der Waals surface area contributed by atoms with Crippen LogP contribution in [0.25, 0.3) is 54.6 Å². The number of carbonyl (C=O) groups excluding carboxylic acids is 2.